The number of nitrogens with zero attached hydrogens (tertiary/aromatic N) is 1. The minimum atomic E-state index is -2.49. The minimum absolute atomic E-state index is 0.0254. The first-order valence-electron chi connectivity index (χ1n) is 20.8. The largest absolute Gasteiger partial charge is 0.456 e. The van der Waals surface area contributed by atoms with Crippen molar-refractivity contribution in [2.75, 3.05) is 27.9 Å². The molecule has 2 bridgehead atoms. The normalized spacial score (nSPS) is 39.2. The molecular weight excluding hydrogens is 718 g/mol. The molecule has 0 aromatic carbocycles. The summed E-state index contributed by atoms with van der Waals surface area (Å²) < 4.78 is 29.9. The molecule has 1 saturated carbocycles. The van der Waals surface area contributed by atoms with Gasteiger partial charge in [-0.15, -0.1) is 6.58 Å². The van der Waals surface area contributed by atoms with Gasteiger partial charge in [-0.25, -0.2) is 4.79 Å². The van der Waals surface area contributed by atoms with Crippen LogP contribution < -0.4 is 0 Å². The summed E-state index contributed by atoms with van der Waals surface area (Å²) in [7, 11) is 4.78. The molecular formula is C44H69NO11. The maximum absolute atomic E-state index is 14.3. The Hall–Kier alpha value is -2.74. The van der Waals surface area contributed by atoms with Crippen molar-refractivity contribution >= 4 is 23.4 Å². The number of aliphatic hydroxyl groups is 2. The van der Waals surface area contributed by atoms with Crippen LogP contribution in [0.2, 0.25) is 0 Å². The molecule has 12 heteroatoms. The van der Waals surface area contributed by atoms with Gasteiger partial charge in [-0.2, -0.15) is 0 Å². The highest BCUT2D eigenvalue weighted by atomic mass is 16.7. The summed E-state index contributed by atoms with van der Waals surface area (Å²) in [6.45, 7) is 13.3. The number of fused-ring (bicyclic) bond motifs is 3. The highest BCUT2D eigenvalue weighted by Gasteiger charge is 2.56. The second kappa shape index (κ2) is 20.8. The molecule has 4 aliphatic rings. The van der Waals surface area contributed by atoms with E-state index in [1.165, 1.54) is 19.1 Å². The van der Waals surface area contributed by atoms with Crippen LogP contribution in [0.1, 0.15) is 112 Å². The van der Waals surface area contributed by atoms with E-state index in [9.17, 15) is 29.4 Å². The smallest absolute Gasteiger partial charge is 0.329 e. The van der Waals surface area contributed by atoms with Gasteiger partial charge < -0.3 is 38.8 Å². The fourth-order valence-corrected chi connectivity index (χ4v) is 9.42. The molecule has 1 amide bonds. The quantitative estimate of drug-likeness (QED) is 0.186. The number of methoxy groups -OCH3 is 3. The molecule has 56 heavy (non-hydrogen) atoms. The van der Waals surface area contributed by atoms with Crippen LogP contribution in [0.25, 0.3) is 0 Å². The van der Waals surface area contributed by atoms with Crippen LogP contribution in [0, 0.1) is 29.6 Å². The van der Waals surface area contributed by atoms with E-state index >= 15 is 0 Å². The SMILES string of the molecule is C=CCC1C=C(C)CC(C)CC(OC)C2OC(O)(C(=O)C(=O)N3CCCCC3C(=O)OC(C(C)=CC3CCCC(OC)C3)C(C)C(O)CC1=O)C(C)CC2OC. The Labute approximate surface area is 334 Å². The zero-order valence-corrected chi connectivity index (χ0v) is 35.1. The lowest BCUT2D eigenvalue weighted by Gasteiger charge is -2.47. The first kappa shape index (κ1) is 46.0. The van der Waals surface area contributed by atoms with Crippen LogP contribution in [-0.4, -0.2) is 115 Å². The summed E-state index contributed by atoms with van der Waals surface area (Å²) in [6, 6.07) is -1.11. The van der Waals surface area contributed by atoms with Gasteiger partial charge in [0.15, 0.2) is 0 Å². The van der Waals surface area contributed by atoms with Gasteiger partial charge in [0.2, 0.25) is 5.79 Å². The average molecular weight is 788 g/mol. The van der Waals surface area contributed by atoms with Crippen molar-refractivity contribution in [3.63, 3.8) is 0 Å². The van der Waals surface area contributed by atoms with Crippen LogP contribution in [0.3, 0.4) is 0 Å². The van der Waals surface area contributed by atoms with E-state index in [1.807, 2.05) is 19.9 Å². The number of allylic oxidation sites excluding steroid dienone is 4. The Bertz CT molecular complexity index is 1440. The van der Waals surface area contributed by atoms with Crippen LogP contribution in [-0.2, 0) is 42.9 Å². The molecule has 13 unspecified atom stereocenters. The Morgan fingerprint density at radius 3 is 2.32 bits per heavy atom. The van der Waals surface area contributed by atoms with E-state index in [4.69, 9.17) is 23.7 Å². The van der Waals surface area contributed by atoms with Gasteiger partial charge in [-0.1, -0.05) is 51.0 Å². The Morgan fingerprint density at radius 1 is 0.964 bits per heavy atom. The van der Waals surface area contributed by atoms with Crippen LogP contribution in [0.4, 0.5) is 0 Å². The van der Waals surface area contributed by atoms with Crippen molar-refractivity contribution in [1.29, 1.82) is 0 Å². The van der Waals surface area contributed by atoms with Gasteiger partial charge in [0.25, 0.3) is 11.7 Å². The van der Waals surface area contributed by atoms with E-state index in [0.717, 1.165) is 36.8 Å². The third-order valence-electron chi connectivity index (χ3n) is 12.8. The maximum atomic E-state index is 14.3. The molecule has 13 atom stereocenters. The number of aliphatic hydroxyl groups excluding tert-OH is 1. The van der Waals surface area contributed by atoms with E-state index in [2.05, 4.69) is 19.6 Å². The molecule has 0 aromatic heterocycles. The van der Waals surface area contributed by atoms with Gasteiger partial charge in [0.1, 0.15) is 24.0 Å². The number of piperidine rings is 1. The van der Waals surface area contributed by atoms with Gasteiger partial charge >= 0.3 is 5.97 Å². The topological polar surface area (TPSA) is 158 Å². The van der Waals surface area contributed by atoms with Gasteiger partial charge in [0, 0.05) is 52.0 Å². The fraction of sp³-hybridized carbons (Fsp3) is 0.773. The second-order valence-electron chi connectivity index (χ2n) is 17.1. The van der Waals surface area contributed by atoms with Crippen LogP contribution >= 0.6 is 0 Å². The highest BCUT2D eigenvalue weighted by molar-refractivity contribution is 6.39. The number of cyclic esters (lactones) is 1. The summed E-state index contributed by atoms with van der Waals surface area (Å²) >= 11 is 0. The number of Topliss-reactive ketones (excluding diaryl/α,β-unsaturated/α-hetero) is 2. The molecule has 3 fully saturated rings. The molecule has 0 spiro atoms. The predicted molar refractivity (Wildman–Crippen MR) is 211 cm³/mol. The van der Waals surface area contributed by atoms with Crippen LogP contribution in [0.5, 0.6) is 0 Å². The van der Waals surface area contributed by atoms with Gasteiger partial charge in [0.05, 0.1) is 24.4 Å². The molecule has 3 heterocycles. The van der Waals surface area contributed by atoms with Crippen molar-refractivity contribution < 1.29 is 53.1 Å². The molecule has 316 valence electrons. The molecule has 0 radical (unpaired) electrons. The monoisotopic (exact) mass is 787 g/mol. The number of esters is 1. The molecule has 2 saturated heterocycles. The first-order chi connectivity index (χ1) is 26.6. The zero-order valence-electron chi connectivity index (χ0n) is 35.1. The number of ether oxygens (including phenoxy) is 5. The molecule has 2 N–H and O–H groups in total. The first-order valence-corrected chi connectivity index (χ1v) is 20.8. The molecule has 12 nitrogen and oxygen atoms in total. The number of ketones is 2. The van der Waals surface area contributed by atoms with Crippen molar-refractivity contribution in [3.8, 4) is 0 Å². The van der Waals surface area contributed by atoms with E-state index < -0.39 is 77.8 Å². The van der Waals surface area contributed by atoms with E-state index in [1.54, 1.807) is 27.0 Å². The van der Waals surface area contributed by atoms with E-state index in [0.29, 0.717) is 32.1 Å². The second-order valence-corrected chi connectivity index (χ2v) is 17.1. The lowest BCUT2D eigenvalue weighted by Crippen LogP contribution is -2.64. The van der Waals surface area contributed by atoms with Gasteiger partial charge in [-0.3, -0.25) is 14.4 Å². The number of rotatable bonds is 7. The van der Waals surface area contributed by atoms with Crippen molar-refractivity contribution in [3.05, 3.63) is 36.0 Å². The molecule has 4 rings (SSSR count). The number of hydrogen-bond donors (Lipinski definition) is 2. The zero-order chi connectivity index (χ0) is 41.3. The number of hydrogen-bond acceptors (Lipinski definition) is 11. The Morgan fingerprint density at radius 2 is 1.66 bits per heavy atom. The number of carbonyl (C=O) groups excluding carboxylic acids is 4. The fourth-order valence-electron chi connectivity index (χ4n) is 9.42. The van der Waals surface area contributed by atoms with Crippen LogP contribution in [0.15, 0.2) is 36.0 Å². The summed E-state index contributed by atoms with van der Waals surface area (Å²) in [5, 5.41) is 23.7. The minimum Gasteiger partial charge on any atom is -0.456 e. The molecule has 3 aliphatic heterocycles. The Kier molecular flexibility index (Phi) is 17.1. The molecule has 1 aliphatic carbocycles. The van der Waals surface area contributed by atoms with Gasteiger partial charge in [-0.05, 0) is 95.5 Å². The summed E-state index contributed by atoms with van der Waals surface area (Å²) in [5.41, 5.74) is 1.71. The third-order valence-corrected chi connectivity index (χ3v) is 12.8. The highest BCUT2D eigenvalue weighted by Crippen LogP contribution is 2.39. The standard InChI is InChI=1S/C44H69NO11/c1-10-14-32-20-26(2)19-27(3)21-37(53-8)40-38(54-9)23-29(5)44(51,56-40)41(48)42(49)45-18-12-11-17-34(45)43(50)55-39(30(6)35(46)25-36(32)47)28(4)22-31-15-13-16-33(24-31)52-7/h10,20,22,27,29-35,37-40,46,51H,1,11-19,21,23-25H2,2-9H3. The predicted octanol–water partition coefficient (Wildman–Crippen LogP) is 5.67. The Balaban J connectivity index is 1.78. The van der Waals surface area contributed by atoms with Crippen molar-refractivity contribution in [1.82, 2.24) is 4.90 Å². The number of amides is 1. The lowest BCUT2D eigenvalue weighted by molar-refractivity contribution is -0.302. The number of carbonyl (C=O) groups is 4. The van der Waals surface area contributed by atoms with E-state index in [-0.39, 0.29) is 49.5 Å². The summed E-state index contributed by atoms with van der Waals surface area (Å²) in [6.07, 6.45) is 8.43. The lowest BCUT2D eigenvalue weighted by atomic mass is 9.82. The maximum Gasteiger partial charge on any atom is 0.329 e. The average Bonchev–Trinajstić information content (AvgIpc) is 3.18. The third kappa shape index (κ3) is 11.0. The summed E-state index contributed by atoms with van der Waals surface area (Å²) in [5.74, 6) is -7.33. The van der Waals surface area contributed by atoms with Crippen molar-refractivity contribution in [2.24, 2.45) is 29.6 Å². The van der Waals surface area contributed by atoms with Crippen molar-refractivity contribution in [2.45, 2.75) is 160 Å². The molecule has 0 aromatic rings. The summed E-state index contributed by atoms with van der Waals surface area (Å²) in [4.78, 5) is 57.8.